The van der Waals surface area contributed by atoms with Crippen molar-refractivity contribution in [1.29, 1.82) is 0 Å². The minimum Gasteiger partial charge on any atom is -0.484 e. The Morgan fingerprint density at radius 2 is 1.82 bits per heavy atom. The highest BCUT2D eigenvalue weighted by Crippen LogP contribution is 2.36. The molecular weight excluding hydrogens is 698 g/mol. The molecule has 278 valence electrons. The number of rotatable bonds is 4. The molecule has 4 N–H and O–H groups in total. The van der Waals surface area contributed by atoms with Crippen LogP contribution in [0.4, 0.5) is 0 Å². The highest BCUT2D eigenvalue weighted by molar-refractivity contribution is 7.15. The van der Waals surface area contributed by atoms with E-state index in [0.29, 0.717) is 44.6 Å². The molecular formula is C35H48ClN7O7S. The molecule has 0 saturated carbocycles. The van der Waals surface area contributed by atoms with Gasteiger partial charge in [-0.2, -0.15) is 0 Å². The van der Waals surface area contributed by atoms with Crippen LogP contribution >= 0.6 is 23.7 Å². The average Bonchev–Trinajstić information content (AvgIpc) is 3.68. The van der Waals surface area contributed by atoms with Crippen molar-refractivity contribution in [3.05, 3.63) is 53.3 Å². The molecule has 0 radical (unpaired) electrons. The zero-order chi connectivity index (χ0) is 36.2. The van der Waals surface area contributed by atoms with Crippen LogP contribution in [0.1, 0.15) is 51.8 Å². The Labute approximate surface area is 307 Å². The molecule has 1 unspecified atom stereocenters. The van der Waals surface area contributed by atoms with Crippen molar-refractivity contribution in [2.45, 2.75) is 77.6 Å². The molecule has 1 fully saturated rings. The number of nitrogens with zero attached hydrogens (tertiary/aromatic N) is 4. The van der Waals surface area contributed by atoms with Gasteiger partial charge >= 0.3 is 0 Å². The number of imidazole rings is 1. The van der Waals surface area contributed by atoms with Crippen LogP contribution in [0.2, 0.25) is 0 Å². The van der Waals surface area contributed by atoms with Crippen LogP contribution in [0.15, 0.2) is 42.0 Å². The summed E-state index contributed by atoms with van der Waals surface area (Å²) in [7, 11) is 1.40. The second kappa shape index (κ2) is 16.9. The Hall–Kier alpha value is -4.21. The molecule has 16 heteroatoms. The quantitative estimate of drug-likeness (QED) is 0.312. The van der Waals surface area contributed by atoms with Gasteiger partial charge in [-0.25, -0.2) is 4.98 Å². The number of likely N-dealkylation sites (N-methyl/N-ethyl adjacent to an activating group) is 1. The number of hydrogen-bond acceptors (Lipinski definition) is 9. The molecule has 14 nitrogen and oxygen atoms in total. The molecule has 2 aliphatic rings. The maximum absolute atomic E-state index is 13.7. The summed E-state index contributed by atoms with van der Waals surface area (Å²) in [4.78, 5) is 75.0. The zero-order valence-corrected chi connectivity index (χ0v) is 31.2. The highest BCUT2D eigenvalue weighted by atomic mass is 35.5. The Kier molecular flexibility index (Phi) is 13.1. The topological polar surface area (TPSA) is 175 Å². The minimum absolute atomic E-state index is 0. The monoisotopic (exact) mass is 745 g/mol. The number of likely N-dealkylation sites (tertiary alicyclic amines) is 1. The molecule has 5 rings (SSSR count). The van der Waals surface area contributed by atoms with Crippen LogP contribution < -0.4 is 20.7 Å². The molecule has 1 aromatic carbocycles. The van der Waals surface area contributed by atoms with Gasteiger partial charge in [-0.15, -0.1) is 23.7 Å². The summed E-state index contributed by atoms with van der Waals surface area (Å²) >= 11 is 1.51. The summed E-state index contributed by atoms with van der Waals surface area (Å²) < 4.78 is 7.70. The molecule has 2 aliphatic heterocycles. The lowest BCUT2D eigenvalue weighted by Crippen LogP contribution is -2.59. The van der Waals surface area contributed by atoms with Crippen molar-refractivity contribution in [3.8, 4) is 5.75 Å². The summed E-state index contributed by atoms with van der Waals surface area (Å²) in [6.07, 6.45) is 4.55. The van der Waals surface area contributed by atoms with Gasteiger partial charge in [0.15, 0.2) is 11.6 Å². The molecule has 51 heavy (non-hydrogen) atoms. The van der Waals surface area contributed by atoms with E-state index in [1.165, 1.54) is 32.2 Å². The third kappa shape index (κ3) is 9.57. The number of aromatic nitrogens is 2. The van der Waals surface area contributed by atoms with Crippen LogP contribution in [-0.2, 0) is 36.8 Å². The summed E-state index contributed by atoms with van der Waals surface area (Å²) in [6.45, 7) is 7.45. The number of benzene rings is 1. The first kappa shape index (κ1) is 39.6. The number of aliphatic hydroxyl groups is 1. The first-order valence-electron chi connectivity index (χ1n) is 17.0. The second-order valence-corrected chi connectivity index (χ2v) is 14.7. The van der Waals surface area contributed by atoms with Crippen molar-refractivity contribution < 1.29 is 33.8 Å². The van der Waals surface area contributed by atoms with Crippen LogP contribution in [0, 0.1) is 11.3 Å². The van der Waals surface area contributed by atoms with Crippen LogP contribution in [-0.4, -0.2) is 111 Å². The zero-order valence-electron chi connectivity index (χ0n) is 29.6. The van der Waals surface area contributed by atoms with Crippen molar-refractivity contribution >= 4 is 58.2 Å². The maximum atomic E-state index is 13.7. The van der Waals surface area contributed by atoms with E-state index in [9.17, 15) is 29.1 Å². The number of carbonyl (C=O) groups is 5. The largest absolute Gasteiger partial charge is 0.484 e. The molecule has 4 heterocycles. The van der Waals surface area contributed by atoms with Gasteiger partial charge in [0.1, 0.15) is 23.9 Å². The number of aliphatic hydroxyl groups excluding tert-OH is 1. The standard InChI is InChI=1S/C35H47N7O7S.ClH/c1-21(2)29-32(47)36-20-35(9-11-41(12-10-35)28(45)16-25-18-42-13-14-50-34(42)37-25)17-24-7-6-8-26(15-24)49-19-27(44)38-30(23(4)43)33(48)40(5)22(3)31(46)39-29;/h6-8,13-15,18,21-23,29-30,43H,9-12,16-17,19-20H2,1-5H3,(H,36,47)(H,38,44)(H,39,46);1H/t22-,23+,29?,30-;/m0./s1. The van der Waals surface area contributed by atoms with Gasteiger partial charge in [-0.1, -0.05) is 26.0 Å². The normalized spacial score (nSPS) is 22.9. The number of fused-ring (bicyclic) bond motifs is 3. The van der Waals surface area contributed by atoms with E-state index in [1.54, 1.807) is 6.07 Å². The van der Waals surface area contributed by atoms with Gasteiger partial charge in [-0.05, 0) is 62.1 Å². The number of halogens is 1. The summed E-state index contributed by atoms with van der Waals surface area (Å²) in [6, 6.07) is 4.14. The van der Waals surface area contributed by atoms with Gasteiger partial charge in [0.25, 0.3) is 5.91 Å². The van der Waals surface area contributed by atoms with Crippen molar-refractivity contribution in [3.63, 3.8) is 0 Å². The molecule has 2 aromatic heterocycles. The highest BCUT2D eigenvalue weighted by Gasteiger charge is 2.39. The van der Waals surface area contributed by atoms with Gasteiger partial charge in [0, 0.05) is 44.5 Å². The number of nitrogens with one attached hydrogen (secondary N) is 3. The van der Waals surface area contributed by atoms with E-state index in [1.807, 2.05) is 59.1 Å². The van der Waals surface area contributed by atoms with E-state index >= 15 is 0 Å². The summed E-state index contributed by atoms with van der Waals surface area (Å²) in [5, 5.41) is 20.7. The van der Waals surface area contributed by atoms with Crippen molar-refractivity contribution in [2.75, 3.05) is 33.3 Å². The molecule has 4 atom stereocenters. The summed E-state index contributed by atoms with van der Waals surface area (Å²) in [5.74, 6) is -2.01. The smallest absolute Gasteiger partial charge is 0.258 e. The van der Waals surface area contributed by atoms with E-state index in [4.69, 9.17) is 4.74 Å². The first-order chi connectivity index (χ1) is 23.7. The van der Waals surface area contributed by atoms with Gasteiger partial charge in [0.2, 0.25) is 23.6 Å². The van der Waals surface area contributed by atoms with E-state index in [-0.39, 0.29) is 36.6 Å². The lowest BCUT2D eigenvalue weighted by molar-refractivity contribution is -0.144. The fourth-order valence-corrected chi connectivity index (χ4v) is 7.20. The van der Waals surface area contributed by atoms with Crippen LogP contribution in [0.5, 0.6) is 5.75 Å². The first-order valence-corrected chi connectivity index (χ1v) is 17.9. The molecule has 3 aromatic rings. The van der Waals surface area contributed by atoms with E-state index in [0.717, 1.165) is 21.1 Å². The number of hydrogen-bond donors (Lipinski definition) is 4. The molecule has 5 amide bonds. The Morgan fingerprint density at radius 1 is 1.10 bits per heavy atom. The molecule has 1 spiro atoms. The molecule has 2 bridgehead atoms. The predicted octanol–water partition coefficient (Wildman–Crippen LogP) is 1.57. The average molecular weight is 746 g/mol. The Morgan fingerprint density at radius 3 is 2.49 bits per heavy atom. The lowest BCUT2D eigenvalue weighted by atomic mass is 9.73. The second-order valence-electron chi connectivity index (χ2n) is 13.9. The van der Waals surface area contributed by atoms with Gasteiger partial charge in [0.05, 0.1) is 18.2 Å². The van der Waals surface area contributed by atoms with E-state index in [2.05, 4.69) is 20.9 Å². The van der Waals surface area contributed by atoms with E-state index < -0.39 is 54.0 Å². The van der Waals surface area contributed by atoms with Gasteiger partial charge < -0.3 is 35.6 Å². The lowest BCUT2D eigenvalue weighted by Gasteiger charge is -2.42. The maximum Gasteiger partial charge on any atom is 0.258 e. The fourth-order valence-electron chi connectivity index (χ4n) is 6.48. The number of ether oxygens (including phenoxy) is 1. The Bertz CT molecular complexity index is 1690. The molecule has 0 aliphatic carbocycles. The van der Waals surface area contributed by atoms with Gasteiger partial charge in [-0.3, -0.25) is 28.4 Å². The van der Waals surface area contributed by atoms with Crippen molar-refractivity contribution in [2.24, 2.45) is 11.3 Å². The Balaban J connectivity index is 0.00000583. The number of amides is 5. The minimum atomic E-state index is -1.32. The predicted molar refractivity (Wildman–Crippen MR) is 194 cm³/mol. The van der Waals surface area contributed by atoms with Crippen molar-refractivity contribution in [1.82, 2.24) is 35.1 Å². The SMILES string of the molecule is CC(C)C1NC(=O)[C@H](C)N(C)C(=O)[C@H]([C@@H](C)O)NC(=O)COc2cccc(c2)CC2(CCN(C(=O)Cc3cn4ccsc4n3)CC2)CNC1=O.Cl. The third-order valence-electron chi connectivity index (χ3n) is 9.76. The van der Waals surface area contributed by atoms with Crippen LogP contribution in [0.3, 0.4) is 0 Å². The third-order valence-corrected chi connectivity index (χ3v) is 10.5. The number of carbonyl (C=O) groups excluding carboxylic acids is 5. The summed E-state index contributed by atoms with van der Waals surface area (Å²) in [5.41, 5.74) is 1.23. The van der Waals surface area contributed by atoms with Crippen LogP contribution in [0.25, 0.3) is 4.96 Å². The number of thiazole rings is 1. The fraction of sp³-hybridized carbons (Fsp3) is 0.543. The molecule has 1 saturated heterocycles. The number of piperidine rings is 1.